The Bertz CT molecular complexity index is 2100. The van der Waals surface area contributed by atoms with Crippen LogP contribution >= 0.6 is 0 Å². The zero-order valence-electron chi connectivity index (χ0n) is 31.9. The molecule has 1 fully saturated rings. The number of ether oxygens (including phenoxy) is 7. The first-order chi connectivity index (χ1) is 27.9. The number of nitrogens with one attached hydrogen (secondary N) is 1. The molecule has 296 valence electrons. The number of aromatic amines is 1. The minimum atomic E-state index is -1.12. The first-order valence-corrected chi connectivity index (χ1v) is 18.9. The lowest BCUT2D eigenvalue weighted by molar-refractivity contribution is -0.310. The second-order valence-electron chi connectivity index (χ2n) is 13.8. The number of hydrogen-bond acceptors (Lipinski definition) is 8. The molecule has 0 radical (unpaired) electrons. The molecule has 2 heterocycles. The average molecular weight is 777 g/mol. The van der Waals surface area contributed by atoms with Crippen LogP contribution in [0, 0.1) is 18.6 Å². The van der Waals surface area contributed by atoms with E-state index in [-0.39, 0.29) is 50.0 Å². The van der Waals surface area contributed by atoms with Crippen LogP contribution in [0.1, 0.15) is 39.1 Å². The molecule has 9 nitrogen and oxygen atoms in total. The van der Waals surface area contributed by atoms with Crippen molar-refractivity contribution in [2.75, 3.05) is 13.7 Å². The van der Waals surface area contributed by atoms with Gasteiger partial charge in [-0.05, 0) is 29.2 Å². The first-order valence-electron chi connectivity index (χ1n) is 18.9. The van der Waals surface area contributed by atoms with Crippen molar-refractivity contribution in [3.63, 3.8) is 0 Å². The molecule has 1 aliphatic rings. The average Bonchev–Trinajstić information content (AvgIpc) is 3.59. The Balaban J connectivity index is 1.24. The van der Waals surface area contributed by atoms with E-state index in [1.54, 1.807) is 6.92 Å². The van der Waals surface area contributed by atoms with Crippen LogP contribution in [-0.2, 0) is 56.5 Å². The summed E-state index contributed by atoms with van der Waals surface area (Å²) in [4.78, 5) is 0. The van der Waals surface area contributed by atoms with Gasteiger partial charge in [0, 0.05) is 35.4 Å². The highest BCUT2D eigenvalue weighted by atomic mass is 19.1. The standard InChI is InChI=1S/C46H46F2N2O7/c1-31-37(25-38-39(47)23-36(51-2)24-40(38)48)45(50-49-31)57-46-44(55-29-35-21-13-6-14-22-35)43(54-28-34-19-11-5-12-20-34)42(53-27-33-17-9-4-10-18-33)41(56-46)30-52-26-32-15-7-3-8-16-32/h3-24,41-44,46H,25-30H2,1-2H3,(H,49,50)/t41-,42-,43+,44-,46+/m1/s1. The third kappa shape index (κ3) is 10.5. The van der Waals surface area contributed by atoms with Gasteiger partial charge in [-0.1, -0.05) is 121 Å². The predicted octanol–water partition coefficient (Wildman–Crippen LogP) is 8.67. The SMILES string of the molecule is COc1cc(F)c(Cc2c(O[C@@H]3O[C@H](COCc4ccccc4)[C@@H](OCc4ccccc4)[C@H](OCc4ccccc4)[C@H]3OCc3ccccc3)n[nH]c2C)c(F)c1. The van der Waals surface area contributed by atoms with Crippen molar-refractivity contribution in [1.82, 2.24) is 10.2 Å². The van der Waals surface area contributed by atoms with Crippen molar-refractivity contribution in [2.45, 2.75) is 70.5 Å². The molecule has 0 unspecified atom stereocenters. The van der Waals surface area contributed by atoms with Gasteiger partial charge in [-0.3, -0.25) is 5.10 Å². The van der Waals surface area contributed by atoms with E-state index in [1.807, 2.05) is 121 Å². The van der Waals surface area contributed by atoms with E-state index in [2.05, 4.69) is 10.2 Å². The van der Waals surface area contributed by atoms with E-state index in [4.69, 9.17) is 33.2 Å². The maximum Gasteiger partial charge on any atom is 0.238 e. The highest BCUT2D eigenvalue weighted by Crippen LogP contribution is 2.34. The van der Waals surface area contributed by atoms with Gasteiger partial charge in [0.2, 0.25) is 12.2 Å². The molecule has 0 amide bonds. The Kier molecular flexibility index (Phi) is 13.7. The molecule has 1 saturated heterocycles. The normalized spacial score (nSPS) is 19.3. The van der Waals surface area contributed by atoms with Gasteiger partial charge in [0.05, 0.1) is 40.1 Å². The summed E-state index contributed by atoms with van der Waals surface area (Å²) in [6.45, 7) is 2.94. The van der Waals surface area contributed by atoms with Crippen LogP contribution in [0.3, 0.4) is 0 Å². The molecule has 5 atom stereocenters. The maximum atomic E-state index is 15.3. The summed E-state index contributed by atoms with van der Waals surface area (Å²) in [6.07, 6.45) is -4.29. The van der Waals surface area contributed by atoms with E-state index >= 15 is 8.78 Å². The van der Waals surface area contributed by atoms with Gasteiger partial charge >= 0.3 is 0 Å². The Morgan fingerprint density at radius 2 is 1.09 bits per heavy atom. The molecule has 5 aromatic carbocycles. The monoisotopic (exact) mass is 776 g/mol. The second-order valence-corrected chi connectivity index (χ2v) is 13.8. The summed E-state index contributed by atoms with van der Waals surface area (Å²) in [5.41, 5.74) is 4.71. The van der Waals surface area contributed by atoms with Crippen molar-refractivity contribution < 1.29 is 41.9 Å². The van der Waals surface area contributed by atoms with E-state index in [9.17, 15) is 0 Å². The predicted molar refractivity (Wildman–Crippen MR) is 209 cm³/mol. The fourth-order valence-electron chi connectivity index (χ4n) is 6.73. The lowest BCUT2D eigenvalue weighted by atomic mass is 9.97. The minimum absolute atomic E-state index is 0.0780. The molecule has 0 bridgehead atoms. The number of H-pyrrole nitrogens is 1. The van der Waals surface area contributed by atoms with E-state index in [1.165, 1.54) is 7.11 Å². The number of benzene rings is 5. The van der Waals surface area contributed by atoms with Crippen molar-refractivity contribution in [3.8, 4) is 11.6 Å². The second kappa shape index (κ2) is 19.6. The Hall–Kier alpha value is -5.43. The summed E-state index contributed by atoms with van der Waals surface area (Å²) in [5.74, 6) is -1.32. The first kappa shape index (κ1) is 39.8. The van der Waals surface area contributed by atoms with Crippen LogP contribution in [0.5, 0.6) is 11.6 Å². The quantitative estimate of drug-likeness (QED) is 0.0928. The smallest absolute Gasteiger partial charge is 0.238 e. The molecule has 0 aliphatic carbocycles. The number of nitrogens with zero attached hydrogens (tertiary/aromatic N) is 1. The minimum Gasteiger partial charge on any atom is -0.497 e. The maximum absolute atomic E-state index is 15.3. The lowest BCUT2D eigenvalue weighted by Crippen LogP contribution is -2.62. The van der Waals surface area contributed by atoms with Gasteiger partial charge in [0.1, 0.15) is 41.8 Å². The molecule has 6 aromatic rings. The van der Waals surface area contributed by atoms with Crippen molar-refractivity contribution in [2.24, 2.45) is 0 Å². The van der Waals surface area contributed by atoms with Crippen molar-refractivity contribution >= 4 is 0 Å². The van der Waals surface area contributed by atoms with Gasteiger partial charge in [-0.2, -0.15) is 0 Å². The molecule has 57 heavy (non-hydrogen) atoms. The number of aryl methyl sites for hydroxylation is 1. The van der Waals surface area contributed by atoms with Crippen LogP contribution in [0.4, 0.5) is 8.78 Å². The van der Waals surface area contributed by atoms with Gasteiger partial charge in [0.25, 0.3) is 0 Å². The number of methoxy groups -OCH3 is 1. The van der Waals surface area contributed by atoms with Gasteiger partial charge in [-0.25, -0.2) is 8.78 Å². The molecule has 1 aliphatic heterocycles. The number of rotatable bonds is 18. The fourth-order valence-corrected chi connectivity index (χ4v) is 6.73. The van der Waals surface area contributed by atoms with Crippen LogP contribution < -0.4 is 9.47 Å². The fraction of sp³-hybridized carbons (Fsp3) is 0.283. The zero-order chi connectivity index (χ0) is 39.4. The van der Waals surface area contributed by atoms with Crippen molar-refractivity contribution in [1.29, 1.82) is 0 Å². The zero-order valence-corrected chi connectivity index (χ0v) is 31.9. The molecule has 1 aromatic heterocycles. The summed E-state index contributed by atoms with van der Waals surface area (Å²) < 4.78 is 75.6. The van der Waals surface area contributed by atoms with Crippen LogP contribution in [0.2, 0.25) is 0 Å². The molecule has 11 heteroatoms. The molecular weight excluding hydrogens is 731 g/mol. The van der Waals surface area contributed by atoms with Gasteiger partial charge in [-0.15, -0.1) is 5.10 Å². The summed E-state index contributed by atoms with van der Waals surface area (Å²) in [6, 6.07) is 41.6. The van der Waals surface area contributed by atoms with Crippen LogP contribution in [0.15, 0.2) is 133 Å². The molecule has 1 N–H and O–H groups in total. The Morgan fingerprint density at radius 1 is 0.614 bits per heavy atom. The third-order valence-electron chi connectivity index (χ3n) is 9.81. The topological polar surface area (TPSA) is 93.3 Å². The molecule has 7 rings (SSSR count). The van der Waals surface area contributed by atoms with Gasteiger partial charge < -0.3 is 33.2 Å². The Labute approximate surface area is 331 Å². The molecular formula is C46H46F2N2O7. The van der Waals surface area contributed by atoms with Gasteiger partial charge in [0.15, 0.2) is 0 Å². The number of halogens is 2. The summed E-state index contributed by atoms with van der Waals surface area (Å²) in [5, 5.41) is 7.37. The number of aromatic nitrogens is 2. The largest absolute Gasteiger partial charge is 0.497 e. The summed E-state index contributed by atoms with van der Waals surface area (Å²) >= 11 is 0. The van der Waals surface area contributed by atoms with Crippen LogP contribution in [0.25, 0.3) is 0 Å². The highest BCUT2D eigenvalue weighted by molar-refractivity contribution is 5.39. The highest BCUT2D eigenvalue weighted by Gasteiger charge is 2.50. The molecule has 0 saturated carbocycles. The van der Waals surface area contributed by atoms with E-state index in [0.29, 0.717) is 17.9 Å². The number of hydrogen-bond donors (Lipinski definition) is 1. The third-order valence-corrected chi connectivity index (χ3v) is 9.81. The van der Waals surface area contributed by atoms with E-state index in [0.717, 1.165) is 34.4 Å². The van der Waals surface area contributed by atoms with E-state index < -0.39 is 42.3 Å². The van der Waals surface area contributed by atoms with Crippen LogP contribution in [-0.4, -0.2) is 54.6 Å². The van der Waals surface area contributed by atoms with Crippen molar-refractivity contribution in [3.05, 3.63) is 184 Å². The summed E-state index contributed by atoms with van der Waals surface area (Å²) in [7, 11) is 1.36. The Morgan fingerprint density at radius 3 is 1.60 bits per heavy atom. The molecule has 0 spiro atoms. The lowest BCUT2D eigenvalue weighted by Gasteiger charge is -2.45.